The number of para-hydroxylation sites is 1. The van der Waals surface area contributed by atoms with Gasteiger partial charge in [0.1, 0.15) is 0 Å². The fraction of sp³-hybridized carbons (Fsp3) is 0.500. The molecule has 0 saturated carbocycles. The Morgan fingerprint density at radius 2 is 2.33 bits per heavy atom. The van der Waals surface area contributed by atoms with Gasteiger partial charge >= 0.3 is 5.97 Å². The second-order valence-electron chi connectivity index (χ2n) is 4.31. The molecule has 0 radical (unpaired) electrons. The van der Waals surface area contributed by atoms with Gasteiger partial charge in [0.15, 0.2) is 0 Å². The Balaban J connectivity index is 1.83. The van der Waals surface area contributed by atoms with Gasteiger partial charge in [-0.05, 0) is 19.4 Å². The minimum atomic E-state index is -0.150. The van der Waals surface area contributed by atoms with E-state index in [0.717, 1.165) is 17.8 Å². The highest BCUT2D eigenvalue weighted by atomic mass is 16.5. The quantitative estimate of drug-likeness (QED) is 0.832. The summed E-state index contributed by atoms with van der Waals surface area (Å²) in [6, 6.07) is 8.11. The number of anilines is 1. The van der Waals surface area contributed by atoms with Gasteiger partial charge in [-0.3, -0.25) is 4.79 Å². The molecule has 0 saturated heterocycles. The van der Waals surface area contributed by atoms with Gasteiger partial charge in [-0.2, -0.15) is 0 Å². The predicted octanol–water partition coefficient (Wildman–Crippen LogP) is 2.34. The number of benzene rings is 1. The lowest BCUT2D eigenvalue weighted by atomic mass is 10.2. The van der Waals surface area contributed by atoms with Crippen molar-refractivity contribution in [3.05, 3.63) is 29.8 Å². The van der Waals surface area contributed by atoms with Crippen LogP contribution in [0.15, 0.2) is 24.3 Å². The summed E-state index contributed by atoms with van der Waals surface area (Å²) >= 11 is 0. The zero-order valence-electron chi connectivity index (χ0n) is 10.6. The first kappa shape index (κ1) is 12.9. The maximum atomic E-state index is 11.3. The van der Waals surface area contributed by atoms with E-state index in [1.54, 1.807) is 0 Å². The number of esters is 1. The van der Waals surface area contributed by atoms with E-state index >= 15 is 0 Å². The van der Waals surface area contributed by atoms with Crippen molar-refractivity contribution in [3.8, 4) is 0 Å². The lowest BCUT2D eigenvalue weighted by molar-refractivity contribution is -0.143. The predicted molar refractivity (Wildman–Crippen MR) is 69.4 cm³/mol. The summed E-state index contributed by atoms with van der Waals surface area (Å²) in [5, 5.41) is 3.35. The number of hydrogen-bond acceptors (Lipinski definition) is 4. The minimum absolute atomic E-state index is 0.0572. The summed E-state index contributed by atoms with van der Waals surface area (Å²) < 4.78 is 10.7. The first-order chi connectivity index (χ1) is 8.79. The highest BCUT2D eigenvalue weighted by molar-refractivity contribution is 5.69. The van der Waals surface area contributed by atoms with E-state index in [9.17, 15) is 4.79 Å². The molecule has 0 fully saturated rings. The molecule has 2 rings (SSSR count). The number of fused-ring (bicyclic) bond motifs is 1. The van der Waals surface area contributed by atoms with Crippen LogP contribution in [0.4, 0.5) is 5.69 Å². The average Bonchev–Trinajstić information content (AvgIpc) is 2.59. The van der Waals surface area contributed by atoms with Gasteiger partial charge in [0.25, 0.3) is 0 Å². The Morgan fingerprint density at radius 3 is 3.17 bits per heavy atom. The molecule has 4 heteroatoms. The third-order valence-electron chi connectivity index (χ3n) is 2.99. The molecular weight excluding hydrogens is 230 g/mol. The monoisotopic (exact) mass is 249 g/mol. The van der Waals surface area contributed by atoms with Crippen molar-refractivity contribution in [1.82, 2.24) is 0 Å². The van der Waals surface area contributed by atoms with Gasteiger partial charge in [-0.1, -0.05) is 18.2 Å². The molecule has 1 unspecified atom stereocenters. The standard InChI is InChI=1S/C14H19NO3/c1-2-17-14(16)8-7-12-9-15-13-6-4-3-5-11(13)10-18-12/h3-6,12,15H,2,7-10H2,1H3. The van der Waals surface area contributed by atoms with E-state index in [1.165, 1.54) is 0 Å². The van der Waals surface area contributed by atoms with Crippen LogP contribution in [-0.4, -0.2) is 25.2 Å². The Bertz CT molecular complexity index is 379. The molecule has 1 aromatic carbocycles. The van der Waals surface area contributed by atoms with Crippen LogP contribution in [0, 0.1) is 0 Å². The normalized spacial score (nSPS) is 18.4. The third kappa shape index (κ3) is 3.47. The van der Waals surface area contributed by atoms with Crippen LogP contribution in [0.2, 0.25) is 0 Å². The lowest BCUT2D eigenvalue weighted by Gasteiger charge is -2.14. The van der Waals surface area contributed by atoms with Crippen molar-refractivity contribution in [2.75, 3.05) is 18.5 Å². The molecule has 1 aliphatic heterocycles. The molecule has 0 amide bonds. The van der Waals surface area contributed by atoms with Crippen LogP contribution in [0.25, 0.3) is 0 Å². The molecule has 1 aromatic rings. The molecule has 1 aliphatic rings. The summed E-state index contributed by atoms with van der Waals surface area (Å²) in [7, 11) is 0. The minimum Gasteiger partial charge on any atom is -0.466 e. The fourth-order valence-electron chi connectivity index (χ4n) is 2.01. The van der Waals surface area contributed by atoms with Crippen molar-refractivity contribution in [2.24, 2.45) is 0 Å². The smallest absolute Gasteiger partial charge is 0.305 e. The number of rotatable bonds is 4. The molecule has 1 N–H and O–H groups in total. The average molecular weight is 249 g/mol. The molecular formula is C14H19NO3. The van der Waals surface area contributed by atoms with Crippen molar-refractivity contribution in [2.45, 2.75) is 32.5 Å². The van der Waals surface area contributed by atoms with Gasteiger partial charge < -0.3 is 14.8 Å². The van der Waals surface area contributed by atoms with Crippen molar-refractivity contribution in [3.63, 3.8) is 0 Å². The molecule has 4 nitrogen and oxygen atoms in total. The van der Waals surface area contributed by atoms with Crippen LogP contribution in [0.1, 0.15) is 25.3 Å². The Hall–Kier alpha value is -1.55. The van der Waals surface area contributed by atoms with E-state index in [4.69, 9.17) is 9.47 Å². The van der Waals surface area contributed by atoms with Crippen LogP contribution in [0.5, 0.6) is 0 Å². The van der Waals surface area contributed by atoms with Gasteiger partial charge in [-0.15, -0.1) is 0 Å². The first-order valence-corrected chi connectivity index (χ1v) is 6.38. The first-order valence-electron chi connectivity index (χ1n) is 6.38. The van der Waals surface area contributed by atoms with Gasteiger partial charge in [-0.25, -0.2) is 0 Å². The van der Waals surface area contributed by atoms with E-state index < -0.39 is 0 Å². The molecule has 0 bridgehead atoms. The molecule has 0 spiro atoms. The summed E-state index contributed by atoms with van der Waals surface area (Å²) in [6.45, 7) is 3.58. The van der Waals surface area contributed by atoms with Gasteiger partial charge in [0.05, 0.1) is 19.3 Å². The van der Waals surface area contributed by atoms with Crippen LogP contribution >= 0.6 is 0 Å². The van der Waals surface area contributed by atoms with E-state index in [2.05, 4.69) is 11.4 Å². The van der Waals surface area contributed by atoms with E-state index in [0.29, 0.717) is 26.1 Å². The van der Waals surface area contributed by atoms with Gasteiger partial charge in [0, 0.05) is 24.2 Å². The lowest BCUT2D eigenvalue weighted by Crippen LogP contribution is -2.22. The number of carbonyl (C=O) groups excluding carboxylic acids is 1. The molecule has 0 aliphatic carbocycles. The largest absolute Gasteiger partial charge is 0.466 e. The Labute approximate surface area is 107 Å². The summed E-state index contributed by atoms with van der Waals surface area (Å²) in [5.74, 6) is -0.150. The van der Waals surface area contributed by atoms with E-state index in [1.807, 2.05) is 25.1 Å². The highest BCUT2D eigenvalue weighted by Gasteiger charge is 2.17. The zero-order chi connectivity index (χ0) is 12.8. The zero-order valence-corrected chi connectivity index (χ0v) is 10.6. The van der Waals surface area contributed by atoms with Gasteiger partial charge in [0.2, 0.25) is 0 Å². The number of ether oxygens (including phenoxy) is 2. The van der Waals surface area contributed by atoms with Crippen molar-refractivity contribution in [1.29, 1.82) is 0 Å². The van der Waals surface area contributed by atoms with Crippen molar-refractivity contribution < 1.29 is 14.3 Å². The van der Waals surface area contributed by atoms with Crippen LogP contribution in [0.3, 0.4) is 0 Å². The van der Waals surface area contributed by atoms with E-state index in [-0.39, 0.29) is 12.1 Å². The summed E-state index contributed by atoms with van der Waals surface area (Å²) in [6.07, 6.45) is 1.16. The van der Waals surface area contributed by atoms with Crippen molar-refractivity contribution >= 4 is 11.7 Å². The maximum absolute atomic E-state index is 11.3. The third-order valence-corrected chi connectivity index (χ3v) is 2.99. The topological polar surface area (TPSA) is 47.6 Å². The Kier molecular flexibility index (Phi) is 4.59. The Morgan fingerprint density at radius 1 is 1.50 bits per heavy atom. The number of nitrogens with one attached hydrogen (secondary N) is 1. The molecule has 1 atom stereocenters. The van der Waals surface area contributed by atoms with Crippen LogP contribution in [-0.2, 0) is 20.9 Å². The molecule has 98 valence electrons. The molecule has 18 heavy (non-hydrogen) atoms. The highest BCUT2D eigenvalue weighted by Crippen LogP contribution is 2.21. The second-order valence-corrected chi connectivity index (χ2v) is 4.31. The number of carbonyl (C=O) groups is 1. The summed E-state index contributed by atoms with van der Waals surface area (Å²) in [4.78, 5) is 11.3. The fourth-order valence-corrected chi connectivity index (χ4v) is 2.01. The molecule has 1 heterocycles. The maximum Gasteiger partial charge on any atom is 0.305 e. The SMILES string of the molecule is CCOC(=O)CCC1CNc2ccccc2CO1. The second kappa shape index (κ2) is 6.40. The molecule has 0 aromatic heterocycles. The van der Waals surface area contributed by atoms with Crippen LogP contribution < -0.4 is 5.32 Å². The number of hydrogen-bond donors (Lipinski definition) is 1. The summed E-state index contributed by atoms with van der Waals surface area (Å²) in [5.41, 5.74) is 2.28.